The number of Topliss-reactive ketones (excluding diaryl/α,β-unsaturated/α-hetero) is 1. The lowest BCUT2D eigenvalue weighted by atomic mass is 10.0. The van der Waals surface area contributed by atoms with Crippen molar-refractivity contribution in [1.29, 1.82) is 0 Å². The number of pyridine rings is 1. The van der Waals surface area contributed by atoms with Crippen molar-refractivity contribution in [3.8, 4) is 0 Å². The largest absolute Gasteiger partial charge is 0.294 e. The van der Waals surface area contributed by atoms with Gasteiger partial charge in [0.25, 0.3) is 5.56 Å². The molecule has 1 heterocycles. The van der Waals surface area contributed by atoms with Crippen LogP contribution >= 0.6 is 0 Å². The number of aromatic nitrogens is 1. The Kier molecular flexibility index (Phi) is 3.41. The van der Waals surface area contributed by atoms with Gasteiger partial charge in [-0.3, -0.25) is 19.8 Å². The van der Waals surface area contributed by atoms with Crippen LogP contribution in [0.4, 0.5) is 0 Å². The number of hydrogen-bond donors (Lipinski definition) is 1. The van der Waals surface area contributed by atoms with E-state index in [1.165, 1.54) is 10.7 Å². The fraction of sp³-hybridized carbons (Fsp3) is 0.235. The number of hydrogen-bond acceptors (Lipinski definition) is 3. The fourth-order valence-electron chi connectivity index (χ4n) is 2.89. The first-order valence-electron chi connectivity index (χ1n) is 7.10. The Hall–Kier alpha value is -2.69. The molecule has 0 spiro atoms. The number of carbonyl (C=O) groups is 2. The molecule has 5 heteroatoms. The molecule has 0 bridgehead atoms. The van der Waals surface area contributed by atoms with Crippen LogP contribution in [0.1, 0.15) is 39.5 Å². The smallest absolute Gasteiger partial charge is 0.269 e. The van der Waals surface area contributed by atoms with Gasteiger partial charge in [-0.15, -0.1) is 0 Å². The lowest BCUT2D eigenvalue weighted by Gasteiger charge is -2.15. The summed E-state index contributed by atoms with van der Waals surface area (Å²) in [5.41, 5.74) is 5.14. The Bertz CT molecular complexity index is 836. The van der Waals surface area contributed by atoms with Crippen molar-refractivity contribution >= 4 is 11.7 Å². The Morgan fingerprint density at radius 1 is 1.18 bits per heavy atom. The molecule has 0 saturated heterocycles. The van der Waals surface area contributed by atoms with Crippen LogP contribution < -0.4 is 11.0 Å². The molecule has 22 heavy (non-hydrogen) atoms. The van der Waals surface area contributed by atoms with Gasteiger partial charge in [0.2, 0.25) is 5.91 Å². The number of nitrogens with zero attached hydrogens (tertiary/aromatic N) is 1. The average molecular weight is 296 g/mol. The summed E-state index contributed by atoms with van der Waals surface area (Å²) in [6.07, 6.45) is 0.144. The Labute approximate surface area is 127 Å². The van der Waals surface area contributed by atoms with E-state index in [1.807, 2.05) is 13.0 Å². The molecule has 0 aliphatic heterocycles. The highest BCUT2D eigenvalue weighted by Crippen LogP contribution is 2.33. The summed E-state index contributed by atoms with van der Waals surface area (Å²) in [5.74, 6) is -0.924. The van der Waals surface area contributed by atoms with Crippen LogP contribution in [-0.4, -0.2) is 16.4 Å². The van der Waals surface area contributed by atoms with Gasteiger partial charge in [-0.05, 0) is 31.0 Å². The molecule has 1 aromatic carbocycles. The van der Waals surface area contributed by atoms with Gasteiger partial charge in [0.15, 0.2) is 5.78 Å². The number of nitrogens with one attached hydrogen (secondary N) is 1. The van der Waals surface area contributed by atoms with Crippen molar-refractivity contribution in [2.75, 3.05) is 5.43 Å². The van der Waals surface area contributed by atoms with Crippen LogP contribution in [0.25, 0.3) is 0 Å². The Morgan fingerprint density at radius 3 is 2.64 bits per heavy atom. The fourth-order valence-corrected chi connectivity index (χ4v) is 2.89. The minimum Gasteiger partial charge on any atom is -0.294 e. The molecule has 0 radical (unpaired) electrons. The summed E-state index contributed by atoms with van der Waals surface area (Å²) in [6, 6.07) is 10.4. The zero-order chi connectivity index (χ0) is 15.9. The van der Waals surface area contributed by atoms with Gasteiger partial charge in [-0.25, -0.2) is 4.68 Å². The summed E-state index contributed by atoms with van der Waals surface area (Å²) in [4.78, 5) is 36.5. The monoisotopic (exact) mass is 296 g/mol. The lowest BCUT2D eigenvalue weighted by molar-refractivity contribution is -0.118. The number of rotatable bonds is 2. The minimum absolute atomic E-state index is 0.0382. The zero-order valence-corrected chi connectivity index (χ0v) is 12.4. The van der Waals surface area contributed by atoms with Gasteiger partial charge in [0.05, 0.1) is 5.92 Å². The van der Waals surface area contributed by atoms with Crippen LogP contribution in [0.3, 0.4) is 0 Å². The van der Waals surface area contributed by atoms with Crippen LogP contribution in [-0.2, 0) is 4.79 Å². The van der Waals surface area contributed by atoms with Crippen molar-refractivity contribution in [3.05, 3.63) is 69.1 Å². The molecule has 1 aliphatic rings. The molecule has 1 N–H and O–H groups in total. The van der Waals surface area contributed by atoms with E-state index >= 15 is 0 Å². The highest BCUT2D eigenvalue weighted by Gasteiger charge is 2.34. The van der Waals surface area contributed by atoms with E-state index in [1.54, 1.807) is 31.2 Å². The van der Waals surface area contributed by atoms with Crippen molar-refractivity contribution in [2.45, 2.75) is 26.2 Å². The topological polar surface area (TPSA) is 68.2 Å². The quantitative estimate of drug-likeness (QED) is 0.920. The molecule has 1 aromatic heterocycles. The SMILES string of the molecule is Cc1cc(C)n(NC(=O)C2CC(=O)c3ccccc32)c(=O)c1. The minimum atomic E-state index is -0.545. The second-order valence-electron chi connectivity index (χ2n) is 5.59. The average Bonchev–Trinajstić information content (AvgIpc) is 2.80. The molecular weight excluding hydrogens is 280 g/mol. The predicted octanol–water partition coefficient (Wildman–Crippen LogP) is 1.91. The first kappa shape index (κ1) is 14.3. The van der Waals surface area contributed by atoms with E-state index < -0.39 is 5.92 Å². The first-order chi connectivity index (χ1) is 10.5. The van der Waals surface area contributed by atoms with Crippen molar-refractivity contribution in [3.63, 3.8) is 0 Å². The highest BCUT2D eigenvalue weighted by atomic mass is 16.2. The van der Waals surface area contributed by atoms with Crippen molar-refractivity contribution < 1.29 is 9.59 Å². The van der Waals surface area contributed by atoms with E-state index in [-0.39, 0.29) is 23.7 Å². The molecule has 3 rings (SSSR count). The number of amides is 1. The van der Waals surface area contributed by atoms with Crippen molar-refractivity contribution in [1.82, 2.24) is 4.68 Å². The number of aryl methyl sites for hydroxylation is 2. The number of ketones is 1. The van der Waals surface area contributed by atoms with Gasteiger partial charge < -0.3 is 0 Å². The predicted molar refractivity (Wildman–Crippen MR) is 82.7 cm³/mol. The Morgan fingerprint density at radius 2 is 1.91 bits per heavy atom. The maximum Gasteiger partial charge on any atom is 0.269 e. The highest BCUT2D eigenvalue weighted by molar-refractivity contribution is 6.08. The van der Waals surface area contributed by atoms with E-state index in [4.69, 9.17) is 0 Å². The van der Waals surface area contributed by atoms with Crippen LogP contribution in [0.5, 0.6) is 0 Å². The summed E-state index contributed by atoms with van der Waals surface area (Å²) >= 11 is 0. The van der Waals surface area contributed by atoms with E-state index in [0.717, 1.165) is 11.1 Å². The van der Waals surface area contributed by atoms with E-state index in [2.05, 4.69) is 5.43 Å². The normalized spacial score (nSPS) is 16.5. The molecule has 1 aliphatic carbocycles. The number of carbonyl (C=O) groups excluding carboxylic acids is 2. The third kappa shape index (κ3) is 2.35. The second kappa shape index (κ2) is 5.26. The van der Waals surface area contributed by atoms with Crippen molar-refractivity contribution in [2.24, 2.45) is 0 Å². The number of fused-ring (bicyclic) bond motifs is 1. The van der Waals surface area contributed by atoms with Gasteiger partial charge in [0, 0.05) is 23.7 Å². The second-order valence-corrected chi connectivity index (χ2v) is 5.59. The third-order valence-electron chi connectivity index (χ3n) is 3.93. The molecule has 5 nitrogen and oxygen atoms in total. The van der Waals surface area contributed by atoms with E-state index in [0.29, 0.717) is 11.3 Å². The zero-order valence-electron chi connectivity index (χ0n) is 12.4. The standard InChI is InChI=1S/C17H16N2O3/c1-10-7-11(2)19(16(21)8-10)18-17(22)14-9-15(20)13-6-4-3-5-12(13)14/h3-8,14H,9H2,1-2H3,(H,18,22). The number of benzene rings is 1. The van der Waals surface area contributed by atoms with Crippen LogP contribution in [0, 0.1) is 13.8 Å². The van der Waals surface area contributed by atoms with Gasteiger partial charge in [-0.2, -0.15) is 0 Å². The molecule has 1 amide bonds. The third-order valence-corrected chi connectivity index (χ3v) is 3.93. The molecule has 0 saturated carbocycles. The summed E-state index contributed by atoms with van der Waals surface area (Å²) in [7, 11) is 0. The summed E-state index contributed by atoms with van der Waals surface area (Å²) in [5, 5.41) is 0. The Balaban J connectivity index is 1.91. The summed E-state index contributed by atoms with van der Waals surface area (Å²) in [6.45, 7) is 3.58. The van der Waals surface area contributed by atoms with Gasteiger partial charge >= 0.3 is 0 Å². The molecule has 2 aromatic rings. The molecule has 1 atom stereocenters. The maximum absolute atomic E-state index is 12.5. The van der Waals surface area contributed by atoms with Gasteiger partial charge in [0.1, 0.15) is 0 Å². The summed E-state index contributed by atoms with van der Waals surface area (Å²) < 4.78 is 1.22. The first-order valence-corrected chi connectivity index (χ1v) is 7.10. The van der Waals surface area contributed by atoms with Crippen LogP contribution in [0.15, 0.2) is 41.2 Å². The molecule has 112 valence electrons. The lowest BCUT2D eigenvalue weighted by Crippen LogP contribution is -2.36. The maximum atomic E-state index is 12.5. The van der Waals surface area contributed by atoms with Crippen LogP contribution in [0.2, 0.25) is 0 Å². The molecule has 0 fully saturated rings. The molecular formula is C17H16N2O3. The molecule has 1 unspecified atom stereocenters. The van der Waals surface area contributed by atoms with E-state index in [9.17, 15) is 14.4 Å². The van der Waals surface area contributed by atoms with Gasteiger partial charge in [-0.1, -0.05) is 24.3 Å².